The highest BCUT2D eigenvalue weighted by molar-refractivity contribution is 7.89. The van der Waals surface area contributed by atoms with Crippen molar-refractivity contribution in [2.45, 2.75) is 4.90 Å². The minimum Gasteiger partial charge on any atom is -0.366 e. The van der Waals surface area contributed by atoms with Crippen LogP contribution in [0.1, 0.15) is 10.4 Å². The highest BCUT2D eigenvalue weighted by atomic mass is 35.5. The molecule has 0 fully saturated rings. The molecule has 1 rings (SSSR count). The maximum Gasteiger partial charge on any atom is 0.248 e. The standard InChI is InChI=1S/C7H6Cl2N2O3S/c8-4-1-3(7(10)12)2-5(6(4)9)15(11,13)14/h1-2H,(H2,10,12)(H2,11,13,14). The number of primary amides is 1. The molecule has 5 nitrogen and oxygen atoms in total. The Hall–Kier alpha value is -0.820. The Morgan fingerprint density at radius 3 is 2.20 bits per heavy atom. The van der Waals surface area contributed by atoms with E-state index in [4.69, 9.17) is 34.1 Å². The van der Waals surface area contributed by atoms with Crippen LogP contribution in [-0.4, -0.2) is 14.3 Å². The van der Waals surface area contributed by atoms with E-state index >= 15 is 0 Å². The molecule has 4 N–H and O–H groups in total. The van der Waals surface area contributed by atoms with Crippen LogP contribution in [0.25, 0.3) is 0 Å². The minimum atomic E-state index is -4.04. The maximum absolute atomic E-state index is 11.1. The van der Waals surface area contributed by atoms with E-state index in [9.17, 15) is 13.2 Å². The van der Waals surface area contributed by atoms with Crippen LogP contribution < -0.4 is 10.9 Å². The van der Waals surface area contributed by atoms with E-state index in [1.165, 1.54) is 6.07 Å². The molecule has 1 amide bonds. The predicted molar refractivity (Wildman–Crippen MR) is 56.4 cm³/mol. The van der Waals surface area contributed by atoms with Gasteiger partial charge in [0.25, 0.3) is 0 Å². The fraction of sp³-hybridized carbons (Fsp3) is 0. The summed E-state index contributed by atoms with van der Waals surface area (Å²) in [5.74, 6) is -0.821. The van der Waals surface area contributed by atoms with Crippen molar-refractivity contribution in [3.8, 4) is 0 Å². The molecule has 0 saturated carbocycles. The van der Waals surface area contributed by atoms with Gasteiger partial charge in [-0.1, -0.05) is 23.2 Å². The van der Waals surface area contributed by atoms with Gasteiger partial charge in [0.1, 0.15) is 4.90 Å². The number of halogens is 2. The SMILES string of the molecule is NC(=O)c1cc(Cl)c(Cl)c(S(N)(=O)=O)c1. The molecule has 8 heteroatoms. The Morgan fingerprint density at radius 2 is 1.80 bits per heavy atom. The zero-order valence-corrected chi connectivity index (χ0v) is 9.53. The average Bonchev–Trinajstić information content (AvgIpc) is 2.06. The lowest BCUT2D eigenvalue weighted by molar-refractivity contribution is 0.1000. The Kier molecular flexibility index (Phi) is 3.25. The second-order valence-corrected chi connectivity index (χ2v) is 4.99. The number of carbonyl (C=O) groups is 1. The summed E-state index contributed by atoms with van der Waals surface area (Å²) in [4.78, 5) is 10.4. The van der Waals surface area contributed by atoms with Crippen LogP contribution in [0.5, 0.6) is 0 Å². The molecule has 1 aromatic carbocycles. The van der Waals surface area contributed by atoms with Gasteiger partial charge in [-0.15, -0.1) is 0 Å². The topological polar surface area (TPSA) is 103 Å². The van der Waals surface area contributed by atoms with E-state index in [1.54, 1.807) is 0 Å². The number of amides is 1. The summed E-state index contributed by atoms with van der Waals surface area (Å²) in [6.45, 7) is 0. The molecule has 1 aromatic rings. The Bertz CT molecular complexity index is 527. The monoisotopic (exact) mass is 268 g/mol. The summed E-state index contributed by atoms with van der Waals surface area (Å²) in [5.41, 5.74) is 4.89. The Morgan fingerprint density at radius 1 is 1.27 bits per heavy atom. The quantitative estimate of drug-likeness (QED) is 0.827. The maximum atomic E-state index is 11.1. The number of benzene rings is 1. The zero-order chi connectivity index (χ0) is 11.8. The molecule has 0 bridgehead atoms. The largest absolute Gasteiger partial charge is 0.366 e. The average molecular weight is 269 g/mol. The van der Waals surface area contributed by atoms with Crippen LogP contribution in [0, 0.1) is 0 Å². The molecule has 0 aliphatic carbocycles. The van der Waals surface area contributed by atoms with Gasteiger partial charge in [0.15, 0.2) is 0 Å². The van der Waals surface area contributed by atoms with Crippen LogP contribution in [0.3, 0.4) is 0 Å². The molecule has 0 unspecified atom stereocenters. The molecule has 0 aliphatic heterocycles. The fourth-order valence-electron chi connectivity index (χ4n) is 0.913. The van der Waals surface area contributed by atoms with Gasteiger partial charge in [0.05, 0.1) is 10.0 Å². The predicted octanol–water partition coefficient (Wildman–Crippen LogP) is 0.740. The van der Waals surface area contributed by atoms with Gasteiger partial charge in [-0.2, -0.15) is 0 Å². The van der Waals surface area contributed by atoms with Gasteiger partial charge in [0.2, 0.25) is 15.9 Å². The van der Waals surface area contributed by atoms with Gasteiger partial charge >= 0.3 is 0 Å². The zero-order valence-electron chi connectivity index (χ0n) is 7.20. The molecular formula is C7H6Cl2N2O3S. The van der Waals surface area contributed by atoms with Crippen molar-refractivity contribution in [1.29, 1.82) is 0 Å². The van der Waals surface area contributed by atoms with Crippen molar-refractivity contribution < 1.29 is 13.2 Å². The fourth-order valence-corrected chi connectivity index (χ4v) is 2.27. The smallest absolute Gasteiger partial charge is 0.248 e. The number of hydrogen-bond acceptors (Lipinski definition) is 3. The van der Waals surface area contributed by atoms with Crippen LogP contribution >= 0.6 is 23.2 Å². The van der Waals surface area contributed by atoms with Crippen molar-refractivity contribution in [2.75, 3.05) is 0 Å². The van der Waals surface area contributed by atoms with Gasteiger partial charge in [-0.05, 0) is 12.1 Å². The number of sulfonamides is 1. The van der Waals surface area contributed by atoms with Crippen LogP contribution in [0.2, 0.25) is 10.0 Å². The third-order valence-corrected chi connectivity index (χ3v) is 3.43. The van der Waals surface area contributed by atoms with Gasteiger partial charge < -0.3 is 5.73 Å². The van der Waals surface area contributed by atoms with Crippen LogP contribution in [0.4, 0.5) is 0 Å². The van der Waals surface area contributed by atoms with Gasteiger partial charge in [-0.25, -0.2) is 13.6 Å². The molecule has 82 valence electrons. The second-order valence-electron chi connectivity index (χ2n) is 2.68. The summed E-state index contributed by atoms with van der Waals surface area (Å²) >= 11 is 11.2. The van der Waals surface area contributed by atoms with Gasteiger partial charge in [0, 0.05) is 5.56 Å². The molecule has 0 saturated heterocycles. The van der Waals surface area contributed by atoms with E-state index < -0.39 is 20.8 Å². The van der Waals surface area contributed by atoms with Crippen molar-refractivity contribution >= 4 is 39.1 Å². The lowest BCUT2D eigenvalue weighted by Crippen LogP contribution is -2.16. The second kappa shape index (κ2) is 3.97. The van der Waals surface area contributed by atoms with Crippen molar-refractivity contribution in [3.05, 3.63) is 27.7 Å². The summed E-state index contributed by atoms with van der Waals surface area (Å²) in [6.07, 6.45) is 0. The van der Waals surface area contributed by atoms with Crippen molar-refractivity contribution in [3.63, 3.8) is 0 Å². The third kappa shape index (κ3) is 2.60. The first-order valence-corrected chi connectivity index (χ1v) is 5.85. The highest BCUT2D eigenvalue weighted by Gasteiger charge is 2.18. The van der Waals surface area contributed by atoms with E-state index in [1.807, 2.05) is 0 Å². The van der Waals surface area contributed by atoms with Crippen LogP contribution in [-0.2, 0) is 10.0 Å². The number of carbonyl (C=O) groups excluding carboxylic acids is 1. The lowest BCUT2D eigenvalue weighted by atomic mass is 10.2. The Labute approximate surface area is 96.0 Å². The first-order chi connectivity index (χ1) is 6.73. The van der Waals surface area contributed by atoms with Crippen LogP contribution in [0.15, 0.2) is 17.0 Å². The number of hydrogen-bond donors (Lipinski definition) is 2. The molecule has 0 heterocycles. The molecule has 0 aliphatic rings. The van der Waals surface area contributed by atoms with Gasteiger partial charge in [-0.3, -0.25) is 4.79 Å². The molecule has 0 radical (unpaired) electrons. The lowest BCUT2D eigenvalue weighted by Gasteiger charge is -2.05. The minimum absolute atomic E-state index is 0.0755. The molecule has 0 aromatic heterocycles. The van der Waals surface area contributed by atoms with Crippen molar-refractivity contribution in [2.24, 2.45) is 10.9 Å². The summed E-state index contributed by atoms with van der Waals surface area (Å²) in [7, 11) is -4.04. The first kappa shape index (κ1) is 12.3. The normalized spacial score (nSPS) is 11.4. The number of rotatable bonds is 2. The number of primary sulfonamides is 1. The molecular weight excluding hydrogens is 263 g/mol. The third-order valence-electron chi connectivity index (χ3n) is 1.59. The summed E-state index contributed by atoms with van der Waals surface area (Å²) in [5, 5.41) is 4.54. The molecule has 0 spiro atoms. The number of nitrogens with two attached hydrogens (primary N) is 2. The molecule has 0 atom stereocenters. The van der Waals surface area contributed by atoms with Crippen molar-refractivity contribution in [1.82, 2.24) is 0 Å². The van der Waals surface area contributed by atoms with E-state index in [0.29, 0.717) is 0 Å². The van der Waals surface area contributed by atoms with E-state index in [0.717, 1.165) is 6.07 Å². The summed E-state index contributed by atoms with van der Waals surface area (Å²) < 4.78 is 22.1. The molecule has 15 heavy (non-hydrogen) atoms. The van der Waals surface area contributed by atoms with E-state index in [2.05, 4.69) is 0 Å². The highest BCUT2D eigenvalue weighted by Crippen LogP contribution is 2.29. The first-order valence-electron chi connectivity index (χ1n) is 3.55. The van der Waals surface area contributed by atoms with E-state index in [-0.39, 0.29) is 15.6 Å². The summed E-state index contributed by atoms with van der Waals surface area (Å²) in [6, 6.07) is 2.15. The Balaban J connectivity index is 3.59.